The number of pyridine rings is 1. The monoisotopic (exact) mass is 583 g/mol. The van der Waals surface area contributed by atoms with E-state index >= 15 is 4.39 Å². The Morgan fingerprint density at radius 1 is 0.977 bits per heavy atom. The number of hydrogen-bond acceptors (Lipinski definition) is 6. The highest BCUT2D eigenvalue weighted by atomic mass is 19.1. The summed E-state index contributed by atoms with van der Waals surface area (Å²) in [6.45, 7) is 3.17. The van der Waals surface area contributed by atoms with Crippen LogP contribution in [0.2, 0.25) is 0 Å². The van der Waals surface area contributed by atoms with Crippen LogP contribution in [0.4, 0.5) is 10.1 Å². The van der Waals surface area contributed by atoms with Crippen LogP contribution in [0.5, 0.6) is 11.5 Å². The first-order valence-corrected chi connectivity index (χ1v) is 15.4. The Hall–Kier alpha value is -3.95. The van der Waals surface area contributed by atoms with E-state index in [1.807, 2.05) is 41.0 Å². The average Bonchev–Trinajstić information content (AvgIpc) is 3.61. The molecule has 0 saturated carbocycles. The molecular weight excluding hydrogens is 545 g/mol. The molecule has 0 spiro atoms. The van der Waals surface area contributed by atoms with E-state index in [1.54, 1.807) is 6.20 Å². The highest BCUT2D eigenvalue weighted by Gasteiger charge is 2.29. The molecule has 1 aromatic heterocycles. The number of hydrogen-bond donors (Lipinski definition) is 2. The van der Waals surface area contributed by atoms with Gasteiger partial charge in [0, 0.05) is 31.4 Å². The minimum atomic E-state index is -0.572. The third-order valence-electron chi connectivity index (χ3n) is 9.62. The molecule has 43 heavy (non-hydrogen) atoms. The molecule has 3 aromatic carbocycles. The van der Waals surface area contributed by atoms with Gasteiger partial charge in [-0.25, -0.2) is 4.39 Å². The van der Waals surface area contributed by atoms with Crippen LogP contribution in [0.25, 0.3) is 27.4 Å². The van der Waals surface area contributed by atoms with E-state index in [0.29, 0.717) is 42.1 Å². The van der Waals surface area contributed by atoms with Gasteiger partial charge in [0.2, 0.25) is 5.43 Å². The van der Waals surface area contributed by atoms with Gasteiger partial charge in [0.15, 0.2) is 17.3 Å². The van der Waals surface area contributed by atoms with Crippen molar-refractivity contribution in [2.75, 3.05) is 45.6 Å². The molecule has 2 fully saturated rings. The molecule has 3 aliphatic heterocycles. The third-order valence-corrected chi connectivity index (χ3v) is 9.62. The number of nitrogens with zero attached hydrogens (tertiary/aromatic N) is 3. The Labute approximate surface area is 250 Å². The normalized spacial score (nSPS) is 20.0. The molecule has 2 atom stereocenters. The van der Waals surface area contributed by atoms with Gasteiger partial charge in [-0.2, -0.15) is 0 Å². The molecule has 0 radical (unpaired) electrons. The first kappa shape index (κ1) is 27.9. The van der Waals surface area contributed by atoms with Crippen molar-refractivity contribution in [2.45, 2.75) is 50.6 Å². The van der Waals surface area contributed by atoms with Crippen molar-refractivity contribution < 1.29 is 13.9 Å². The number of aromatic nitrogens is 1. The summed E-state index contributed by atoms with van der Waals surface area (Å²) in [5.74, 6) is -0.214. The largest absolute Gasteiger partial charge is 0.451 e. The second kappa shape index (κ2) is 11.3. The Morgan fingerprint density at radius 2 is 1.65 bits per heavy atom. The fourth-order valence-electron chi connectivity index (χ4n) is 7.13. The summed E-state index contributed by atoms with van der Waals surface area (Å²) in [6.07, 6.45) is 7.85. The summed E-state index contributed by atoms with van der Waals surface area (Å²) >= 11 is 0. The summed E-state index contributed by atoms with van der Waals surface area (Å²) in [5, 5.41) is 8.34. The predicted molar refractivity (Wildman–Crippen MR) is 168 cm³/mol. The minimum absolute atomic E-state index is 0.0105. The highest BCUT2D eigenvalue weighted by Crippen LogP contribution is 2.46. The standard InChI is InChI=1S/C34H38FN5O3/c1-38-15-5-9-23(38)11-13-36-30-27(35)19-25-31-33(30)43-29-18-22-8-4-3-7-21(22)17-28(29)40(31)20-26(32(25)41)34(42)37-14-12-24-10-6-16-39(24)2/h3-4,7-8,17-20,23-24,36H,5-6,9-16H2,1-2H3,(H,37,42). The topological polar surface area (TPSA) is 78.8 Å². The van der Waals surface area contributed by atoms with Crippen molar-refractivity contribution in [3.63, 3.8) is 0 Å². The van der Waals surface area contributed by atoms with Crippen LogP contribution in [0, 0.1) is 5.82 Å². The van der Waals surface area contributed by atoms with Crippen LogP contribution in [0.15, 0.2) is 53.5 Å². The van der Waals surface area contributed by atoms with E-state index in [-0.39, 0.29) is 22.4 Å². The molecule has 3 aliphatic rings. The number of ether oxygens (including phenoxy) is 1. The van der Waals surface area contributed by atoms with Crippen LogP contribution in [0.3, 0.4) is 0 Å². The minimum Gasteiger partial charge on any atom is -0.451 e. The van der Waals surface area contributed by atoms with E-state index in [1.165, 1.54) is 12.5 Å². The summed E-state index contributed by atoms with van der Waals surface area (Å²) in [6, 6.07) is 14.0. The predicted octanol–water partition coefficient (Wildman–Crippen LogP) is 5.50. The number of carbonyl (C=O) groups excluding carboxylic acids is 1. The van der Waals surface area contributed by atoms with E-state index < -0.39 is 17.2 Å². The molecule has 2 saturated heterocycles. The first-order valence-electron chi connectivity index (χ1n) is 15.4. The van der Waals surface area contributed by atoms with Gasteiger partial charge >= 0.3 is 0 Å². The molecule has 0 aliphatic carbocycles. The van der Waals surface area contributed by atoms with Crippen molar-refractivity contribution >= 4 is 33.3 Å². The zero-order chi connectivity index (χ0) is 29.7. The molecule has 4 heterocycles. The van der Waals surface area contributed by atoms with E-state index in [2.05, 4.69) is 34.5 Å². The van der Waals surface area contributed by atoms with Gasteiger partial charge in [-0.05, 0) is 94.7 Å². The van der Waals surface area contributed by atoms with Crippen LogP contribution < -0.4 is 20.8 Å². The first-order chi connectivity index (χ1) is 20.9. The van der Waals surface area contributed by atoms with E-state index in [9.17, 15) is 9.59 Å². The molecular formula is C34H38FN5O3. The van der Waals surface area contributed by atoms with Gasteiger partial charge in [0.05, 0.1) is 11.1 Å². The quantitative estimate of drug-likeness (QED) is 0.251. The second-order valence-electron chi connectivity index (χ2n) is 12.3. The maximum atomic E-state index is 15.8. The smallest absolute Gasteiger partial charge is 0.256 e. The molecule has 4 aromatic rings. The molecule has 9 heteroatoms. The van der Waals surface area contributed by atoms with Crippen LogP contribution in [0.1, 0.15) is 48.9 Å². The van der Waals surface area contributed by atoms with Crippen LogP contribution in [-0.2, 0) is 0 Å². The fraction of sp³-hybridized carbons (Fsp3) is 0.412. The van der Waals surface area contributed by atoms with Crippen molar-refractivity contribution in [3.05, 3.63) is 70.3 Å². The van der Waals surface area contributed by atoms with Gasteiger partial charge < -0.3 is 29.7 Å². The number of nitrogens with one attached hydrogen (secondary N) is 2. The van der Waals surface area contributed by atoms with Crippen molar-refractivity contribution in [2.24, 2.45) is 0 Å². The third kappa shape index (κ3) is 5.04. The van der Waals surface area contributed by atoms with Gasteiger partial charge in [-0.3, -0.25) is 9.59 Å². The molecule has 8 nitrogen and oxygen atoms in total. The molecule has 2 unspecified atom stereocenters. The summed E-state index contributed by atoms with van der Waals surface area (Å²) in [7, 11) is 4.23. The van der Waals surface area contributed by atoms with Gasteiger partial charge in [-0.1, -0.05) is 24.3 Å². The van der Waals surface area contributed by atoms with Crippen LogP contribution >= 0.6 is 0 Å². The highest BCUT2D eigenvalue weighted by molar-refractivity contribution is 6.02. The molecule has 0 bridgehead atoms. The van der Waals surface area contributed by atoms with E-state index in [0.717, 1.165) is 56.0 Å². The Balaban J connectivity index is 1.29. The second-order valence-corrected chi connectivity index (χ2v) is 12.3. The lowest BCUT2D eigenvalue weighted by Gasteiger charge is -2.27. The zero-order valence-corrected chi connectivity index (χ0v) is 24.8. The van der Waals surface area contributed by atoms with E-state index in [4.69, 9.17) is 4.74 Å². The summed E-state index contributed by atoms with van der Waals surface area (Å²) < 4.78 is 24.1. The Bertz CT molecular complexity index is 1790. The molecule has 1 amide bonds. The lowest BCUT2D eigenvalue weighted by Crippen LogP contribution is -2.34. The molecule has 7 rings (SSSR count). The number of likely N-dealkylation sites (tertiary alicyclic amines) is 2. The van der Waals surface area contributed by atoms with Gasteiger partial charge in [0.25, 0.3) is 5.91 Å². The maximum absolute atomic E-state index is 15.8. The number of rotatable bonds is 8. The lowest BCUT2D eigenvalue weighted by molar-refractivity contribution is 0.0949. The molecule has 2 N–H and O–H groups in total. The fourth-order valence-corrected chi connectivity index (χ4v) is 7.13. The number of fused-ring (bicyclic) bond motifs is 3. The number of anilines is 1. The average molecular weight is 584 g/mol. The van der Waals surface area contributed by atoms with Crippen LogP contribution in [-0.4, -0.2) is 72.6 Å². The zero-order valence-electron chi connectivity index (χ0n) is 24.8. The molecule has 224 valence electrons. The Morgan fingerprint density at radius 3 is 2.33 bits per heavy atom. The summed E-state index contributed by atoms with van der Waals surface area (Å²) in [5.41, 5.74) is 0.872. The number of carbonyl (C=O) groups is 1. The SMILES string of the molecule is CN1CCCC1CCNC(=O)c1cn2c3c(c(NCCC4CCCN4C)c(F)cc3c1=O)Oc1cc3ccccc3cc1-2. The maximum Gasteiger partial charge on any atom is 0.256 e. The van der Waals surface area contributed by atoms with Crippen molar-refractivity contribution in [1.29, 1.82) is 0 Å². The lowest BCUT2D eigenvalue weighted by atomic mass is 10.0. The van der Waals surface area contributed by atoms with Crippen molar-refractivity contribution in [1.82, 2.24) is 19.7 Å². The Kier molecular flexibility index (Phi) is 7.31. The van der Waals surface area contributed by atoms with Gasteiger partial charge in [-0.15, -0.1) is 0 Å². The number of benzene rings is 3. The summed E-state index contributed by atoms with van der Waals surface area (Å²) in [4.78, 5) is 31.8. The number of amides is 1. The van der Waals surface area contributed by atoms with Crippen molar-refractivity contribution in [3.8, 4) is 17.2 Å². The van der Waals surface area contributed by atoms with Gasteiger partial charge in [0.1, 0.15) is 16.8 Å². The number of halogens is 1.